The SMILES string of the molecule is COC(=O)c1c(OCc2ccc(F)cc2)cc(=O)n2c1CCNCC2. The molecule has 0 saturated carbocycles. The third-order valence-corrected chi connectivity index (χ3v) is 4.13. The van der Waals surface area contributed by atoms with E-state index in [0.29, 0.717) is 31.7 Å². The fourth-order valence-corrected chi connectivity index (χ4v) is 2.88. The number of halogens is 1. The summed E-state index contributed by atoms with van der Waals surface area (Å²) in [4.78, 5) is 24.7. The van der Waals surface area contributed by atoms with E-state index >= 15 is 0 Å². The normalized spacial score (nSPS) is 13.7. The second-order valence-electron chi connectivity index (χ2n) is 5.73. The zero-order valence-corrected chi connectivity index (χ0v) is 13.9. The molecule has 0 saturated heterocycles. The van der Waals surface area contributed by atoms with Gasteiger partial charge in [-0.15, -0.1) is 0 Å². The maximum Gasteiger partial charge on any atom is 0.343 e. The van der Waals surface area contributed by atoms with Crippen LogP contribution in [-0.4, -0.2) is 30.7 Å². The number of benzene rings is 1. The Labute approximate surface area is 144 Å². The number of hydrogen-bond acceptors (Lipinski definition) is 5. The molecule has 2 heterocycles. The Kier molecular flexibility index (Phi) is 5.14. The van der Waals surface area contributed by atoms with Crippen molar-refractivity contribution in [3.63, 3.8) is 0 Å². The van der Waals surface area contributed by atoms with E-state index in [-0.39, 0.29) is 29.3 Å². The quantitative estimate of drug-likeness (QED) is 0.850. The van der Waals surface area contributed by atoms with Gasteiger partial charge in [0.25, 0.3) is 5.56 Å². The van der Waals surface area contributed by atoms with E-state index in [1.807, 2.05) is 0 Å². The van der Waals surface area contributed by atoms with Crippen molar-refractivity contribution in [3.05, 3.63) is 63.3 Å². The largest absolute Gasteiger partial charge is 0.488 e. The minimum atomic E-state index is -0.542. The van der Waals surface area contributed by atoms with Gasteiger partial charge in [-0.3, -0.25) is 4.79 Å². The zero-order chi connectivity index (χ0) is 17.8. The first-order valence-corrected chi connectivity index (χ1v) is 8.03. The summed E-state index contributed by atoms with van der Waals surface area (Å²) in [6.45, 7) is 1.91. The van der Waals surface area contributed by atoms with Crippen molar-refractivity contribution in [2.75, 3.05) is 20.2 Å². The van der Waals surface area contributed by atoms with Crippen molar-refractivity contribution in [2.24, 2.45) is 0 Å². The highest BCUT2D eigenvalue weighted by Gasteiger charge is 2.24. The Morgan fingerprint density at radius 2 is 2.04 bits per heavy atom. The number of ether oxygens (including phenoxy) is 2. The van der Waals surface area contributed by atoms with E-state index in [1.165, 1.54) is 25.3 Å². The minimum Gasteiger partial charge on any atom is -0.488 e. The molecule has 1 N–H and O–H groups in total. The van der Waals surface area contributed by atoms with Gasteiger partial charge in [-0.05, 0) is 17.7 Å². The summed E-state index contributed by atoms with van der Waals surface area (Å²) < 4.78 is 25.2. The summed E-state index contributed by atoms with van der Waals surface area (Å²) >= 11 is 0. The molecule has 6 nitrogen and oxygen atoms in total. The number of rotatable bonds is 4. The number of fused-ring (bicyclic) bond motifs is 1. The first-order chi connectivity index (χ1) is 12.1. The second kappa shape index (κ2) is 7.48. The predicted molar refractivity (Wildman–Crippen MR) is 89.3 cm³/mol. The molecule has 132 valence electrons. The Balaban J connectivity index is 1.98. The molecular weight excluding hydrogens is 327 g/mol. The van der Waals surface area contributed by atoms with Gasteiger partial charge in [0, 0.05) is 37.8 Å². The van der Waals surface area contributed by atoms with Crippen LogP contribution in [0.4, 0.5) is 4.39 Å². The Morgan fingerprint density at radius 3 is 2.76 bits per heavy atom. The number of hydrogen-bond donors (Lipinski definition) is 1. The highest BCUT2D eigenvalue weighted by molar-refractivity contribution is 5.93. The molecule has 0 atom stereocenters. The van der Waals surface area contributed by atoms with Crippen molar-refractivity contribution in [1.82, 2.24) is 9.88 Å². The first-order valence-electron chi connectivity index (χ1n) is 8.03. The summed E-state index contributed by atoms with van der Waals surface area (Å²) in [7, 11) is 1.29. The van der Waals surface area contributed by atoms with Crippen LogP contribution >= 0.6 is 0 Å². The Bertz CT molecular complexity index is 830. The van der Waals surface area contributed by atoms with Crippen molar-refractivity contribution >= 4 is 5.97 Å². The average Bonchev–Trinajstić information content (AvgIpc) is 2.87. The fourth-order valence-electron chi connectivity index (χ4n) is 2.88. The molecule has 2 aromatic rings. The van der Waals surface area contributed by atoms with Gasteiger partial charge in [0.2, 0.25) is 0 Å². The third kappa shape index (κ3) is 3.71. The van der Waals surface area contributed by atoms with Crippen LogP contribution in [0.5, 0.6) is 5.75 Å². The molecule has 0 spiro atoms. The van der Waals surface area contributed by atoms with E-state index in [9.17, 15) is 14.0 Å². The molecule has 0 fully saturated rings. The fraction of sp³-hybridized carbons (Fsp3) is 0.333. The van der Waals surface area contributed by atoms with Crippen LogP contribution in [0.3, 0.4) is 0 Å². The number of nitrogens with zero attached hydrogens (tertiary/aromatic N) is 1. The summed E-state index contributed by atoms with van der Waals surface area (Å²) in [5.41, 5.74) is 1.39. The van der Waals surface area contributed by atoms with Crippen LogP contribution in [0.2, 0.25) is 0 Å². The van der Waals surface area contributed by atoms with Crippen molar-refractivity contribution in [3.8, 4) is 5.75 Å². The minimum absolute atomic E-state index is 0.116. The first kappa shape index (κ1) is 17.2. The topological polar surface area (TPSA) is 69.6 Å². The summed E-state index contributed by atoms with van der Waals surface area (Å²) in [6.07, 6.45) is 0.521. The number of esters is 1. The van der Waals surface area contributed by atoms with Crippen molar-refractivity contribution < 1.29 is 18.7 Å². The van der Waals surface area contributed by atoms with Gasteiger partial charge in [-0.2, -0.15) is 0 Å². The maximum absolute atomic E-state index is 13.0. The standard InChI is InChI=1S/C18H19FN2O4/c1-24-18(23)17-14-6-7-20-8-9-21(14)16(22)10-15(17)25-11-12-2-4-13(19)5-3-12/h2-5,10,20H,6-9,11H2,1H3. The van der Waals surface area contributed by atoms with Gasteiger partial charge >= 0.3 is 5.97 Å². The van der Waals surface area contributed by atoms with Crippen LogP contribution in [0.25, 0.3) is 0 Å². The molecule has 25 heavy (non-hydrogen) atoms. The van der Waals surface area contributed by atoms with Crippen LogP contribution in [0, 0.1) is 5.82 Å². The monoisotopic (exact) mass is 346 g/mol. The number of methoxy groups -OCH3 is 1. The van der Waals surface area contributed by atoms with E-state index < -0.39 is 5.97 Å². The van der Waals surface area contributed by atoms with Gasteiger partial charge in [0.05, 0.1) is 7.11 Å². The van der Waals surface area contributed by atoms with E-state index in [4.69, 9.17) is 9.47 Å². The van der Waals surface area contributed by atoms with Gasteiger partial charge < -0.3 is 19.4 Å². The average molecular weight is 346 g/mol. The molecule has 1 aromatic carbocycles. The highest BCUT2D eigenvalue weighted by atomic mass is 19.1. The van der Waals surface area contributed by atoms with Gasteiger partial charge in [-0.1, -0.05) is 12.1 Å². The lowest BCUT2D eigenvalue weighted by Crippen LogP contribution is -2.27. The summed E-state index contributed by atoms with van der Waals surface area (Å²) in [5, 5.41) is 3.20. The lowest BCUT2D eigenvalue weighted by molar-refractivity contribution is 0.0592. The molecule has 0 bridgehead atoms. The molecule has 1 aromatic heterocycles. The van der Waals surface area contributed by atoms with Crippen LogP contribution in [0.15, 0.2) is 35.1 Å². The van der Waals surface area contributed by atoms with Crippen molar-refractivity contribution in [1.29, 1.82) is 0 Å². The smallest absolute Gasteiger partial charge is 0.343 e. The molecule has 0 radical (unpaired) electrons. The van der Waals surface area contributed by atoms with Crippen LogP contribution in [-0.2, 0) is 24.3 Å². The molecule has 0 aliphatic carbocycles. The Morgan fingerprint density at radius 1 is 1.28 bits per heavy atom. The number of pyridine rings is 1. The lowest BCUT2D eigenvalue weighted by atomic mass is 10.1. The molecule has 3 rings (SSSR count). The summed E-state index contributed by atoms with van der Waals surface area (Å²) in [5.74, 6) is -0.691. The molecule has 7 heteroatoms. The third-order valence-electron chi connectivity index (χ3n) is 4.13. The second-order valence-corrected chi connectivity index (χ2v) is 5.73. The molecule has 1 aliphatic heterocycles. The van der Waals surface area contributed by atoms with E-state index in [1.54, 1.807) is 16.7 Å². The van der Waals surface area contributed by atoms with Gasteiger partial charge in [0.1, 0.15) is 23.7 Å². The predicted octanol–water partition coefficient (Wildman–Crippen LogP) is 1.50. The van der Waals surface area contributed by atoms with E-state index in [2.05, 4.69) is 5.32 Å². The maximum atomic E-state index is 13.0. The zero-order valence-electron chi connectivity index (χ0n) is 13.9. The van der Waals surface area contributed by atoms with Crippen LogP contribution < -0.4 is 15.6 Å². The molecular formula is C18H19FN2O4. The number of carbonyl (C=O) groups is 1. The number of aromatic nitrogens is 1. The molecule has 0 unspecified atom stereocenters. The van der Waals surface area contributed by atoms with Crippen molar-refractivity contribution in [2.45, 2.75) is 19.6 Å². The Hall–Kier alpha value is -2.67. The molecule has 1 aliphatic rings. The lowest BCUT2D eigenvalue weighted by Gasteiger charge is -2.17. The summed E-state index contributed by atoms with van der Waals surface area (Å²) in [6, 6.07) is 7.15. The van der Waals surface area contributed by atoms with Crippen LogP contribution in [0.1, 0.15) is 21.6 Å². The highest BCUT2D eigenvalue weighted by Crippen LogP contribution is 2.24. The van der Waals surface area contributed by atoms with Gasteiger partial charge in [0.15, 0.2) is 0 Å². The molecule has 0 amide bonds. The van der Waals surface area contributed by atoms with Gasteiger partial charge in [-0.25, -0.2) is 9.18 Å². The number of nitrogens with one attached hydrogen (secondary N) is 1. The number of carbonyl (C=O) groups excluding carboxylic acids is 1. The van der Waals surface area contributed by atoms with E-state index in [0.717, 1.165) is 5.56 Å².